The molecule has 0 N–H and O–H groups in total. The lowest BCUT2D eigenvalue weighted by atomic mass is 10.0. The van der Waals surface area contributed by atoms with E-state index in [1.54, 1.807) is 7.11 Å². The maximum absolute atomic E-state index is 5.07. The molecule has 0 fully saturated rings. The Balaban J connectivity index is 2.67. The van der Waals surface area contributed by atoms with Gasteiger partial charge in [-0.05, 0) is 31.8 Å². The topological polar surface area (TPSA) is 9.23 Å². The number of hydrogen-bond acceptors (Lipinski definition) is 1. The first kappa shape index (κ1) is 9.53. The van der Waals surface area contributed by atoms with E-state index in [4.69, 9.17) is 4.74 Å². The summed E-state index contributed by atoms with van der Waals surface area (Å²) in [7, 11) is 1.76. The quantitative estimate of drug-likeness (QED) is 0.626. The predicted molar refractivity (Wildman–Crippen MR) is 52.1 cm³/mol. The molecule has 0 aromatic carbocycles. The molecule has 0 aromatic rings. The number of ether oxygens (including phenoxy) is 1. The van der Waals surface area contributed by atoms with Crippen LogP contribution in [0.3, 0.4) is 0 Å². The van der Waals surface area contributed by atoms with Crippen molar-refractivity contribution in [3.8, 4) is 0 Å². The molecule has 1 aliphatic rings. The molecule has 1 unspecified atom stereocenters. The van der Waals surface area contributed by atoms with Crippen LogP contribution in [0.5, 0.6) is 0 Å². The van der Waals surface area contributed by atoms with Gasteiger partial charge in [0.15, 0.2) is 0 Å². The second-order valence-corrected chi connectivity index (χ2v) is 3.54. The molecule has 0 saturated carbocycles. The zero-order valence-electron chi connectivity index (χ0n) is 8.48. The summed E-state index contributed by atoms with van der Waals surface area (Å²) in [5.41, 5.74) is 4.46. The van der Waals surface area contributed by atoms with E-state index >= 15 is 0 Å². The van der Waals surface area contributed by atoms with Crippen molar-refractivity contribution in [2.24, 2.45) is 5.92 Å². The Labute approximate surface area is 75.1 Å². The zero-order chi connectivity index (χ0) is 9.14. The lowest BCUT2D eigenvalue weighted by Crippen LogP contribution is -1.94. The van der Waals surface area contributed by atoms with Crippen LogP contribution in [0.1, 0.15) is 27.2 Å². The van der Waals surface area contributed by atoms with Crippen LogP contribution in [0, 0.1) is 5.92 Å². The highest BCUT2D eigenvalue weighted by Gasteiger charge is 2.16. The summed E-state index contributed by atoms with van der Waals surface area (Å²) in [6.07, 6.45) is 3.40. The Morgan fingerprint density at radius 1 is 1.42 bits per heavy atom. The molecular weight excluding hydrogens is 148 g/mol. The number of rotatable bonds is 3. The molecule has 1 aliphatic carbocycles. The molecule has 1 rings (SSSR count). The van der Waals surface area contributed by atoms with Crippen molar-refractivity contribution >= 4 is 0 Å². The minimum Gasteiger partial charge on any atom is -0.384 e. The van der Waals surface area contributed by atoms with Crippen LogP contribution in [0.25, 0.3) is 0 Å². The van der Waals surface area contributed by atoms with Gasteiger partial charge >= 0.3 is 0 Å². The second kappa shape index (κ2) is 3.90. The molecular formula is C11H18O. The predicted octanol–water partition coefficient (Wildman–Crippen LogP) is 2.94. The van der Waals surface area contributed by atoms with Gasteiger partial charge in [0.1, 0.15) is 0 Å². The molecule has 1 heteroatoms. The van der Waals surface area contributed by atoms with Crippen LogP contribution in [-0.4, -0.2) is 13.7 Å². The van der Waals surface area contributed by atoms with Gasteiger partial charge in [-0.3, -0.25) is 0 Å². The Morgan fingerprint density at radius 2 is 2.08 bits per heavy atom. The van der Waals surface area contributed by atoms with Gasteiger partial charge in [0.05, 0.1) is 6.61 Å². The normalized spacial score (nSPS) is 23.3. The summed E-state index contributed by atoms with van der Waals surface area (Å²) >= 11 is 0. The van der Waals surface area contributed by atoms with Crippen LogP contribution in [0.2, 0.25) is 0 Å². The minimum atomic E-state index is 0.636. The standard InChI is InChI=1S/C11H18O/c1-8-7-9(2)11(10(8)3)5-6-12-4/h7-8H,5-6H2,1-4H3. The Hall–Kier alpha value is -0.560. The fourth-order valence-electron chi connectivity index (χ4n) is 1.78. The van der Waals surface area contributed by atoms with Gasteiger partial charge in [-0.15, -0.1) is 0 Å². The van der Waals surface area contributed by atoms with E-state index in [9.17, 15) is 0 Å². The highest BCUT2D eigenvalue weighted by Crippen LogP contribution is 2.32. The van der Waals surface area contributed by atoms with E-state index in [2.05, 4.69) is 26.8 Å². The van der Waals surface area contributed by atoms with Crippen molar-refractivity contribution < 1.29 is 4.74 Å². The maximum Gasteiger partial charge on any atom is 0.0502 e. The largest absolute Gasteiger partial charge is 0.384 e. The average Bonchev–Trinajstić information content (AvgIpc) is 2.25. The monoisotopic (exact) mass is 166 g/mol. The van der Waals surface area contributed by atoms with Crippen molar-refractivity contribution in [3.05, 3.63) is 22.8 Å². The highest BCUT2D eigenvalue weighted by atomic mass is 16.5. The molecule has 0 saturated heterocycles. The van der Waals surface area contributed by atoms with E-state index < -0.39 is 0 Å². The summed E-state index contributed by atoms with van der Waals surface area (Å²) in [6, 6.07) is 0. The van der Waals surface area contributed by atoms with Crippen LogP contribution in [-0.2, 0) is 4.74 Å². The Bertz CT molecular complexity index is 223. The summed E-state index contributed by atoms with van der Waals surface area (Å²) in [6.45, 7) is 7.50. The van der Waals surface area contributed by atoms with Crippen LogP contribution in [0.15, 0.2) is 22.8 Å². The zero-order valence-corrected chi connectivity index (χ0v) is 8.48. The third-order valence-electron chi connectivity index (χ3n) is 2.69. The lowest BCUT2D eigenvalue weighted by Gasteiger charge is -2.06. The third kappa shape index (κ3) is 1.78. The number of allylic oxidation sites excluding steroid dienone is 3. The van der Waals surface area contributed by atoms with E-state index in [0.29, 0.717) is 5.92 Å². The SMILES string of the molecule is COCCC1=C(C)C(C)C=C1C. The molecule has 1 atom stereocenters. The Kier molecular flexibility index (Phi) is 3.10. The van der Waals surface area contributed by atoms with Gasteiger partial charge in [-0.2, -0.15) is 0 Å². The first-order valence-corrected chi connectivity index (χ1v) is 4.54. The fraction of sp³-hybridized carbons (Fsp3) is 0.636. The number of methoxy groups -OCH3 is 1. The first-order chi connectivity index (χ1) is 5.66. The minimum absolute atomic E-state index is 0.636. The van der Waals surface area contributed by atoms with Crippen LogP contribution >= 0.6 is 0 Å². The molecule has 0 aliphatic heterocycles. The van der Waals surface area contributed by atoms with Gasteiger partial charge < -0.3 is 4.74 Å². The van der Waals surface area contributed by atoms with Gasteiger partial charge in [-0.25, -0.2) is 0 Å². The van der Waals surface area contributed by atoms with Crippen LogP contribution in [0.4, 0.5) is 0 Å². The van der Waals surface area contributed by atoms with Crippen molar-refractivity contribution in [1.82, 2.24) is 0 Å². The molecule has 12 heavy (non-hydrogen) atoms. The molecule has 0 spiro atoms. The van der Waals surface area contributed by atoms with E-state index in [-0.39, 0.29) is 0 Å². The fourth-order valence-corrected chi connectivity index (χ4v) is 1.78. The molecule has 1 nitrogen and oxygen atoms in total. The first-order valence-electron chi connectivity index (χ1n) is 4.54. The van der Waals surface area contributed by atoms with Gasteiger partial charge in [0.2, 0.25) is 0 Å². The molecule has 0 bridgehead atoms. The molecule has 68 valence electrons. The van der Waals surface area contributed by atoms with Gasteiger partial charge in [0.25, 0.3) is 0 Å². The molecule has 0 aromatic heterocycles. The summed E-state index contributed by atoms with van der Waals surface area (Å²) in [4.78, 5) is 0. The summed E-state index contributed by atoms with van der Waals surface area (Å²) < 4.78 is 5.07. The van der Waals surface area contributed by atoms with E-state index in [0.717, 1.165) is 13.0 Å². The summed E-state index contributed by atoms with van der Waals surface area (Å²) in [5.74, 6) is 0.636. The Morgan fingerprint density at radius 3 is 2.50 bits per heavy atom. The summed E-state index contributed by atoms with van der Waals surface area (Å²) in [5, 5.41) is 0. The smallest absolute Gasteiger partial charge is 0.0502 e. The van der Waals surface area contributed by atoms with Crippen molar-refractivity contribution in [2.75, 3.05) is 13.7 Å². The molecule has 0 radical (unpaired) electrons. The third-order valence-corrected chi connectivity index (χ3v) is 2.69. The van der Waals surface area contributed by atoms with Gasteiger partial charge in [-0.1, -0.05) is 24.1 Å². The lowest BCUT2D eigenvalue weighted by molar-refractivity contribution is 0.202. The second-order valence-electron chi connectivity index (χ2n) is 3.54. The van der Waals surface area contributed by atoms with E-state index in [1.807, 2.05) is 0 Å². The molecule has 0 heterocycles. The van der Waals surface area contributed by atoms with Crippen LogP contribution < -0.4 is 0 Å². The van der Waals surface area contributed by atoms with Crippen molar-refractivity contribution in [1.29, 1.82) is 0 Å². The van der Waals surface area contributed by atoms with Crippen molar-refractivity contribution in [2.45, 2.75) is 27.2 Å². The van der Waals surface area contributed by atoms with Crippen molar-refractivity contribution in [3.63, 3.8) is 0 Å². The maximum atomic E-state index is 5.07. The average molecular weight is 166 g/mol. The highest BCUT2D eigenvalue weighted by molar-refractivity contribution is 5.42. The van der Waals surface area contributed by atoms with Gasteiger partial charge in [0, 0.05) is 7.11 Å². The molecule has 0 amide bonds. The van der Waals surface area contributed by atoms with E-state index in [1.165, 1.54) is 16.7 Å². The number of hydrogen-bond donors (Lipinski definition) is 0.